The van der Waals surface area contributed by atoms with Crippen molar-refractivity contribution in [3.8, 4) is 6.19 Å². The van der Waals surface area contributed by atoms with Crippen molar-refractivity contribution in [1.82, 2.24) is 24.6 Å². The van der Waals surface area contributed by atoms with E-state index in [2.05, 4.69) is 35.0 Å². The molecule has 0 spiro atoms. The van der Waals surface area contributed by atoms with Crippen LogP contribution in [-0.2, 0) is 20.1 Å². The van der Waals surface area contributed by atoms with Crippen LogP contribution in [0.15, 0.2) is 53.5 Å². The number of aliphatic imine (C=N–C) groups is 1. The van der Waals surface area contributed by atoms with Gasteiger partial charge < -0.3 is 9.80 Å². The molecular weight excluding hydrogens is 507 g/mol. The highest BCUT2D eigenvalue weighted by Crippen LogP contribution is 2.29. The van der Waals surface area contributed by atoms with Gasteiger partial charge in [-0.1, -0.05) is 67.4 Å². The zero-order valence-electron chi connectivity index (χ0n) is 21.4. The minimum absolute atomic E-state index is 0.250. The highest BCUT2D eigenvalue weighted by molar-refractivity contribution is 6.33. The molecule has 0 saturated heterocycles. The van der Waals surface area contributed by atoms with Gasteiger partial charge in [-0.05, 0) is 42.2 Å². The Balaban J connectivity index is 1.77. The lowest BCUT2D eigenvalue weighted by Gasteiger charge is -2.32. The molecule has 1 aromatic carbocycles. The summed E-state index contributed by atoms with van der Waals surface area (Å²) in [5.41, 5.74) is 5.52. The SMILES string of the molecule is Cc1nn(C)c2nc(CN(C)/C(=N/C#N)N(Cc3ccccc3)c3cc(Cl)nc(Cl)c3)cc(C(C)C)c12. The van der Waals surface area contributed by atoms with E-state index in [1.54, 1.807) is 12.1 Å². The molecule has 3 heterocycles. The van der Waals surface area contributed by atoms with E-state index in [1.165, 1.54) is 5.56 Å². The Hall–Kier alpha value is -3.67. The molecule has 0 aliphatic carbocycles. The molecule has 10 heteroatoms. The molecule has 8 nitrogen and oxygen atoms in total. The molecule has 0 amide bonds. The van der Waals surface area contributed by atoms with Crippen LogP contribution in [0, 0.1) is 18.4 Å². The van der Waals surface area contributed by atoms with E-state index in [0.29, 0.717) is 30.7 Å². The number of hydrogen-bond donors (Lipinski definition) is 0. The summed E-state index contributed by atoms with van der Waals surface area (Å²) >= 11 is 12.5. The molecule has 0 aliphatic heterocycles. The van der Waals surface area contributed by atoms with E-state index in [4.69, 9.17) is 28.2 Å². The summed E-state index contributed by atoms with van der Waals surface area (Å²) in [6.07, 6.45) is 1.96. The smallest absolute Gasteiger partial charge is 0.217 e. The predicted octanol–water partition coefficient (Wildman–Crippen LogP) is 6.08. The van der Waals surface area contributed by atoms with Crippen molar-refractivity contribution in [2.24, 2.45) is 12.0 Å². The second-order valence-electron chi connectivity index (χ2n) is 9.18. The number of hydrogen-bond acceptors (Lipinski definition) is 5. The first-order valence-electron chi connectivity index (χ1n) is 11.8. The Bertz CT molecular complexity index is 1470. The van der Waals surface area contributed by atoms with Crippen LogP contribution in [-0.4, -0.2) is 37.7 Å². The van der Waals surface area contributed by atoms with Gasteiger partial charge in [0.1, 0.15) is 10.3 Å². The maximum atomic E-state index is 9.64. The Morgan fingerprint density at radius 2 is 1.76 bits per heavy atom. The molecule has 4 rings (SSSR count). The fourth-order valence-corrected chi connectivity index (χ4v) is 4.88. The van der Waals surface area contributed by atoms with Gasteiger partial charge in [0.2, 0.25) is 12.2 Å². The average molecular weight is 535 g/mol. The number of halogens is 2. The standard InChI is InChI=1S/C27H28Cl2N8/c1-17(2)22-11-20(32-26-25(22)18(3)34-36(26)5)15-35(4)27(31-16-30)37(14-19-9-7-6-8-10-19)21-12-23(28)33-24(29)13-21/h6-13,17H,14-15H2,1-5H3/b31-27-. The summed E-state index contributed by atoms with van der Waals surface area (Å²) in [7, 11) is 3.79. The van der Waals surface area contributed by atoms with Crippen molar-refractivity contribution in [1.29, 1.82) is 5.26 Å². The highest BCUT2D eigenvalue weighted by atomic mass is 35.5. The predicted molar refractivity (Wildman–Crippen MR) is 149 cm³/mol. The molecule has 0 N–H and O–H groups in total. The minimum atomic E-state index is 0.250. The third-order valence-corrected chi connectivity index (χ3v) is 6.44. The number of aryl methyl sites for hydroxylation is 2. The van der Waals surface area contributed by atoms with Gasteiger partial charge in [0, 0.05) is 19.5 Å². The van der Waals surface area contributed by atoms with Crippen molar-refractivity contribution in [3.05, 3.63) is 81.4 Å². The van der Waals surface area contributed by atoms with Crippen LogP contribution in [0.1, 0.15) is 42.3 Å². The van der Waals surface area contributed by atoms with Gasteiger partial charge in [-0.2, -0.15) is 10.4 Å². The van der Waals surface area contributed by atoms with E-state index < -0.39 is 0 Å². The van der Waals surface area contributed by atoms with Gasteiger partial charge in [0.25, 0.3) is 0 Å². The fourth-order valence-electron chi connectivity index (χ4n) is 4.43. The third kappa shape index (κ3) is 5.85. The molecule has 0 fully saturated rings. The number of benzene rings is 1. The van der Waals surface area contributed by atoms with Crippen molar-refractivity contribution in [2.75, 3.05) is 11.9 Å². The number of nitriles is 1. The molecular formula is C27H28Cl2N8. The van der Waals surface area contributed by atoms with Gasteiger partial charge in [0.15, 0.2) is 5.65 Å². The summed E-state index contributed by atoms with van der Waals surface area (Å²) in [5, 5.41) is 15.8. The lowest BCUT2D eigenvalue weighted by atomic mass is 9.99. The van der Waals surface area contributed by atoms with Crippen molar-refractivity contribution in [3.63, 3.8) is 0 Å². The number of rotatable bonds is 6. The number of pyridine rings is 2. The second kappa shape index (κ2) is 11.2. The Morgan fingerprint density at radius 3 is 2.38 bits per heavy atom. The maximum absolute atomic E-state index is 9.64. The van der Waals surface area contributed by atoms with Crippen LogP contribution in [0.2, 0.25) is 10.3 Å². The first-order chi connectivity index (χ1) is 17.7. The Morgan fingerprint density at radius 1 is 1.08 bits per heavy atom. The second-order valence-corrected chi connectivity index (χ2v) is 9.95. The zero-order chi connectivity index (χ0) is 26.7. The Labute approximate surface area is 226 Å². The van der Waals surface area contributed by atoms with E-state index >= 15 is 0 Å². The molecule has 4 aromatic rings. The largest absolute Gasteiger partial charge is 0.339 e. The summed E-state index contributed by atoms with van der Waals surface area (Å²) in [4.78, 5) is 17.0. The Kier molecular flexibility index (Phi) is 7.96. The van der Waals surface area contributed by atoms with Crippen LogP contribution in [0.5, 0.6) is 0 Å². The van der Waals surface area contributed by atoms with Gasteiger partial charge in [-0.25, -0.2) is 9.97 Å². The van der Waals surface area contributed by atoms with E-state index in [0.717, 1.165) is 28.0 Å². The molecule has 0 aliphatic rings. The van der Waals surface area contributed by atoms with E-state index in [9.17, 15) is 5.26 Å². The molecule has 0 atom stereocenters. The summed E-state index contributed by atoms with van der Waals surface area (Å²) in [6.45, 7) is 7.18. The zero-order valence-corrected chi connectivity index (χ0v) is 23.0. The lowest BCUT2D eigenvalue weighted by molar-refractivity contribution is 0.480. The lowest BCUT2D eigenvalue weighted by Crippen LogP contribution is -2.42. The number of aromatic nitrogens is 4. The quantitative estimate of drug-likeness (QED) is 0.129. The fraction of sp³-hybridized carbons (Fsp3) is 0.296. The van der Waals surface area contributed by atoms with Gasteiger partial charge in [-0.3, -0.25) is 4.68 Å². The molecule has 3 aromatic heterocycles. The molecule has 0 bridgehead atoms. The number of guanidine groups is 1. The van der Waals surface area contributed by atoms with E-state index in [-0.39, 0.29) is 10.3 Å². The third-order valence-electron chi connectivity index (χ3n) is 6.05. The monoisotopic (exact) mass is 534 g/mol. The van der Waals surface area contributed by atoms with Gasteiger partial charge >= 0.3 is 0 Å². The van der Waals surface area contributed by atoms with E-state index in [1.807, 2.05) is 72.0 Å². The van der Waals surface area contributed by atoms with Crippen LogP contribution in [0.3, 0.4) is 0 Å². The molecule has 0 unspecified atom stereocenters. The number of anilines is 1. The molecule has 0 radical (unpaired) electrons. The first-order valence-corrected chi connectivity index (χ1v) is 12.6. The van der Waals surface area contributed by atoms with Crippen LogP contribution >= 0.6 is 23.2 Å². The number of nitrogens with zero attached hydrogens (tertiary/aromatic N) is 8. The molecule has 0 saturated carbocycles. The van der Waals surface area contributed by atoms with Crippen molar-refractivity contribution in [2.45, 2.75) is 39.8 Å². The van der Waals surface area contributed by atoms with Gasteiger partial charge in [-0.15, -0.1) is 4.99 Å². The molecule has 37 heavy (non-hydrogen) atoms. The van der Waals surface area contributed by atoms with Crippen LogP contribution in [0.25, 0.3) is 11.0 Å². The summed E-state index contributed by atoms with van der Waals surface area (Å²) < 4.78 is 1.81. The van der Waals surface area contributed by atoms with Crippen LogP contribution in [0.4, 0.5) is 5.69 Å². The summed E-state index contributed by atoms with van der Waals surface area (Å²) in [6, 6.07) is 15.4. The minimum Gasteiger partial charge on any atom is -0.339 e. The van der Waals surface area contributed by atoms with Crippen LogP contribution < -0.4 is 4.90 Å². The summed E-state index contributed by atoms with van der Waals surface area (Å²) in [5.74, 6) is 0.722. The first kappa shape index (κ1) is 26.4. The molecule has 190 valence electrons. The normalized spacial score (nSPS) is 11.7. The van der Waals surface area contributed by atoms with Crippen molar-refractivity contribution < 1.29 is 0 Å². The topological polar surface area (TPSA) is 86.2 Å². The highest BCUT2D eigenvalue weighted by Gasteiger charge is 2.22. The van der Waals surface area contributed by atoms with Crippen molar-refractivity contribution >= 4 is 45.9 Å². The number of fused-ring (bicyclic) bond motifs is 1. The average Bonchev–Trinajstić information content (AvgIpc) is 3.13. The maximum Gasteiger partial charge on any atom is 0.217 e. The van der Waals surface area contributed by atoms with Gasteiger partial charge in [0.05, 0.1) is 30.2 Å².